The molecule has 0 spiro atoms. The van der Waals surface area contributed by atoms with Gasteiger partial charge in [-0.1, -0.05) is 27.7 Å². The van der Waals surface area contributed by atoms with Crippen LogP contribution in [0.25, 0.3) is 5.57 Å². The standard InChI is InChI=1S/C20H28O5/c1-11(2)7-8-15(18(13(5)21)20(23)24)14-9-16(12(3)4)19(22)17(10-14)25-6/h9-12,22H,7-8H2,1-6H3,(H,23,24). The molecule has 0 aliphatic carbocycles. The van der Waals surface area contributed by atoms with E-state index in [-0.39, 0.29) is 23.0 Å². The van der Waals surface area contributed by atoms with Crippen molar-refractivity contribution in [3.8, 4) is 11.5 Å². The summed E-state index contributed by atoms with van der Waals surface area (Å²) >= 11 is 0. The van der Waals surface area contributed by atoms with Crippen molar-refractivity contribution in [1.29, 1.82) is 0 Å². The quantitative estimate of drug-likeness (QED) is 0.413. The van der Waals surface area contributed by atoms with Gasteiger partial charge in [0, 0.05) is 5.56 Å². The van der Waals surface area contributed by atoms with Gasteiger partial charge in [-0.05, 0) is 54.9 Å². The van der Waals surface area contributed by atoms with Crippen LogP contribution in [0.2, 0.25) is 0 Å². The van der Waals surface area contributed by atoms with Gasteiger partial charge in [-0.3, -0.25) is 4.79 Å². The van der Waals surface area contributed by atoms with E-state index in [0.29, 0.717) is 29.0 Å². The molecule has 1 aromatic carbocycles. The maximum Gasteiger partial charge on any atom is 0.339 e. The number of phenolic OH excluding ortho intramolecular Hbond substituents is 1. The fourth-order valence-corrected chi connectivity index (χ4v) is 2.74. The van der Waals surface area contributed by atoms with E-state index in [1.807, 2.05) is 27.7 Å². The van der Waals surface area contributed by atoms with Crippen LogP contribution in [0.4, 0.5) is 0 Å². The molecule has 0 radical (unpaired) electrons. The molecular formula is C20H28O5. The van der Waals surface area contributed by atoms with Crippen molar-refractivity contribution in [3.05, 3.63) is 28.8 Å². The third kappa shape index (κ3) is 5.08. The van der Waals surface area contributed by atoms with Crippen molar-refractivity contribution in [2.24, 2.45) is 5.92 Å². The third-order valence-corrected chi connectivity index (χ3v) is 4.13. The Kier molecular flexibility index (Phi) is 7.22. The molecule has 0 amide bonds. The zero-order valence-electron chi connectivity index (χ0n) is 15.8. The van der Waals surface area contributed by atoms with Gasteiger partial charge in [-0.2, -0.15) is 0 Å². The van der Waals surface area contributed by atoms with Gasteiger partial charge in [0.2, 0.25) is 0 Å². The van der Waals surface area contributed by atoms with E-state index in [4.69, 9.17) is 4.74 Å². The lowest BCUT2D eigenvalue weighted by atomic mass is 9.88. The van der Waals surface area contributed by atoms with Gasteiger partial charge in [-0.25, -0.2) is 4.79 Å². The zero-order valence-corrected chi connectivity index (χ0v) is 15.8. The second kappa shape index (κ2) is 8.70. The number of carbonyl (C=O) groups excluding carboxylic acids is 1. The van der Waals surface area contributed by atoms with Crippen molar-refractivity contribution in [1.82, 2.24) is 0 Å². The molecule has 0 unspecified atom stereocenters. The highest BCUT2D eigenvalue weighted by Gasteiger charge is 2.23. The first-order valence-corrected chi connectivity index (χ1v) is 8.48. The zero-order chi connectivity index (χ0) is 19.3. The summed E-state index contributed by atoms with van der Waals surface area (Å²) in [6.07, 6.45) is 1.21. The molecule has 0 heterocycles. The molecule has 0 fully saturated rings. The van der Waals surface area contributed by atoms with Gasteiger partial charge in [-0.15, -0.1) is 0 Å². The largest absolute Gasteiger partial charge is 0.504 e. The van der Waals surface area contributed by atoms with Crippen LogP contribution in [0.5, 0.6) is 11.5 Å². The van der Waals surface area contributed by atoms with Crippen LogP contribution in [-0.4, -0.2) is 29.1 Å². The van der Waals surface area contributed by atoms with Gasteiger partial charge in [0.05, 0.1) is 7.11 Å². The van der Waals surface area contributed by atoms with Crippen molar-refractivity contribution in [2.45, 2.75) is 53.4 Å². The number of hydrogen-bond donors (Lipinski definition) is 2. The van der Waals surface area contributed by atoms with Crippen LogP contribution >= 0.6 is 0 Å². The van der Waals surface area contributed by atoms with Crippen LogP contribution in [0, 0.1) is 5.92 Å². The minimum Gasteiger partial charge on any atom is -0.504 e. The summed E-state index contributed by atoms with van der Waals surface area (Å²) in [7, 11) is 1.45. The van der Waals surface area contributed by atoms with E-state index in [1.54, 1.807) is 12.1 Å². The van der Waals surface area contributed by atoms with Gasteiger partial charge in [0.1, 0.15) is 5.57 Å². The molecule has 0 aliphatic heterocycles. The predicted molar refractivity (Wildman–Crippen MR) is 98.1 cm³/mol. The topological polar surface area (TPSA) is 83.8 Å². The summed E-state index contributed by atoms with van der Waals surface area (Å²) < 4.78 is 5.25. The number of methoxy groups -OCH3 is 1. The minimum atomic E-state index is -1.23. The average molecular weight is 348 g/mol. The maximum atomic E-state index is 12.0. The van der Waals surface area contributed by atoms with Gasteiger partial charge >= 0.3 is 5.97 Å². The normalized spacial score (nSPS) is 12.3. The van der Waals surface area contributed by atoms with Gasteiger partial charge in [0.25, 0.3) is 0 Å². The van der Waals surface area contributed by atoms with E-state index in [1.165, 1.54) is 14.0 Å². The number of aliphatic carboxylic acids is 1. The summed E-state index contributed by atoms with van der Waals surface area (Å²) in [6.45, 7) is 9.21. The fraction of sp³-hybridized carbons (Fsp3) is 0.500. The first-order chi connectivity index (χ1) is 11.6. The summed E-state index contributed by atoms with van der Waals surface area (Å²) in [6, 6.07) is 3.35. The van der Waals surface area contributed by atoms with Crippen LogP contribution < -0.4 is 4.74 Å². The lowest BCUT2D eigenvalue weighted by Gasteiger charge is -2.18. The monoisotopic (exact) mass is 348 g/mol. The van der Waals surface area contributed by atoms with Gasteiger partial charge < -0.3 is 14.9 Å². The number of phenols is 1. The van der Waals surface area contributed by atoms with Crippen molar-refractivity contribution < 1.29 is 24.5 Å². The van der Waals surface area contributed by atoms with E-state index >= 15 is 0 Å². The Balaban J connectivity index is 3.70. The maximum absolute atomic E-state index is 12.0. The van der Waals surface area contributed by atoms with Crippen molar-refractivity contribution in [3.63, 3.8) is 0 Å². The smallest absolute Gasteiger partial charge is 0.339 e. The summed E-state index contributed by atoms with van der Waals surface area (Å²) in [5.41, 5.74) is 1.54. The fourth-order valence-electron chi connectivity index (χ4n) is 2.74. The highest BCUT2D eigenvalue weighted by molar-refractivity contribution is 6.21. The molecule has 0 saturated carbocycles. The number of rotatable bonds is 8. The second-order valence-electron chi connectivity index (χ2n) is 6.92. The molecule has 0 aromatic heterocycles. The SMILES string of the molecule is COc1cc(C(CCC(C)C)=C(C(C)=O)C(=O)O)cc(C(C)C)c1O. The molecule has 1 aromatic rings. The van der Waals surface area contributed by atoms with Crippen molar-refractivity contribution in [2.75, 3.05) is 7.11 Å². The Hall–Kier alpha value is -2.30. The van der Waals surface area contributed by atoms with Crippen LogP contribution in [0.1, 0.15) is 64.5 Å². The number of ether oxygens (including phenoxy) is 1. The summed E-state index contributed by atoms with van der Waals surface area (Å²) in [5, 5.41) is 19.9. The molecule has 1 rings (SSSR count). The molecule has 2 N–H and O–H groups in total. The minimum absolute atomic E-state index is 0.0193. The molecule has 0 aliphatic rings. The number of carbonyl (C=O) groups is 2. The van der Waals surface area contributed by atoms with Crippen molar-refractivity contribution >= 4 is 17.3 Å². The summed E-state index contributed by atoms with van der Waals surface area (Å²) in [4.78, 5) is 23.6. The Morgan fingerprint density at radius 3 is 2.16 bits per heavy atom. The molecule has 0 saturated heterocycles. The molecule has 0 atom stereocenters. The predicted octanol–water partition coefficient (Wildman–Crippen LogP) is 4.39. The molecule has 5 nitrogen and oxygen atoms in total. The Morgan fingerprint density at radius 1 is 1.16 bits per heavy atom. The van der Waals surface area contributed by atoms with Crippen LogP contribution in [-0.2, 0) is 9.59 Å². The highest BCUT2D eigenvalue weighted by atomic mass is 16.5. The second-order valence-corrected chi connectivity index (χ2v) is 6.92. The molecular weight excluding hydrogens is 320 g/mol. The number of Topliss-reactive ketones (excluding diaryl/α,β-unsaturated/α-hetero) is 1. The van der Waals surface area contributed by atoms with E-state index in [0.717, 1.165) is 6.42 Å². The first kappa shape index (κ1) is 20.7. The van der Waals surface area contributed by atoms with Crippen LogP contribution in [0.15, 0.2) is 17.7 Å². The van der Waals surface area contributed by atoms with Gasteiger partial charge in [0.15, 0.2) is 17.3 Å². The number of carboxylic acids is 1. The molecule has 5 heteroatoms. The van der Waals surface area contributed by atoms with E-state index in [9.17, 15) is 19.8 Å². The number of hydrogen-bond acceptors (Lipinski definition) is 4. The number of benzene rings is 1. The highest BCUT2D eigenvalue weighted by Crippen LogP contribution is 2.39. The Morgan fingerprint density at radius 2 is 1.76 bits per heavy atom. The lowest BCUT2D eigenvalue weighted by molar-refractivity contribution is -0.134. The summed E-state index contributed by atoms with van der Waals surface area (Å²) in [5.74, 6) is -1.01. The Bertz CT molecular complexity index is 668. The number of carboxylic acid groups (broad SMARTS) is 1. The van der Waals surface area contributed by atoms with E-state index < -0.39 is 11.8 Å². The first-order valence-electron chi connectivity index (χ1n) is 8.48. The van der Waals surface area contributed by atoms with E-state index in [2.05, 4.69) is 0 Å². The molecule has 25 heavy (non-hydrogen) atoms. The van der Waals surface area contributed by atoms with Crippen LogP contribution in [0.3, 0.4) is 0 Å². The molecule has 138 valence electrons. The number of aromatic hydroxyl groups is 1. The Labute approximate surface area is 149 Å². The number of allylic oxidation sites excluding steroid dienone is 1. The third-order valence-electron chi connectivity index (χ3n) is 4.13. The molecule has 0 bridgehead atoms. The lowest BCUT2D eigenvalue weighted by Crippen LogP contribution is -2.13. The number of ketones is 1. The average Bonchev–Trinajstić information content (AvgIpc) is 2.50.